The summed E-state index contributed by atoms with van der Waals surface area (Å²) in [7, 11) is 2.60. The number of halogens is 3. The lowest BCUT2D eigenvalue weighted by molar-refractivity contribution is -0.148. The van der Waals surface area contributed by atoms with Gasteiger partial charge in [0.2, 0.25) is 23.6 Å². The van der Waals surface area contributed by atoms with E-state index in [1.54, 1.807) is 64.1 Å². The molecule has 15 nitrogen and oxygen atoms in total. The summed E-state index contributed by atoms with van der Waals surface area (Å²) in [4.78, 5) is 86.8. The number of carbonyl (C=O) groups is 6. The summed E-state index contributed by atoms with van der Waals surface area (Å²) in [5.74, 6) is -3.61. The molecule has 0 radical (unpaired) electrons. The third kappa shape index (κ3) is 8.54. The molecular formula is C47H58F3N7O8. The van der Waals surface area contributed by atoms with Gasteiger partial charge in [0.1, 0.15) is 23.2 Å². The van der Waals surface area contributed by atoms with Gasteiger partial charge in [-0.25, -0.2) is 9.59 Å². The second-order valence-corrected chi connectivity index (χ2v) is 18.1. The van der Waals surface area contributed by atoms with Gasteiger partial charge in [0.25, 0.3) is 0 Å². The molecule has 0 aromatic heterocycles. The van der Waals surface area contributed by atoms with Crippen LogP contribution < -0.4 is 16.4 Å². The number of hydrogen-bond donors (Lipinski definition) is 4. The number of likely N-dealkylation sites (N-methyl/N-ethyl adjacent to an activating group) is 2. The molecule has 3 aliphatic heterocycles. The summed E-state index contributed by atoms with van der Waals surface area (Å²) in [6, 6.07) is 15.6. The summed E-state index contributed by atoms with van der Waals surface area (Å²) in [5, 5.41) is 19.7. The summed E-state index contributed by atoms with van der Waals surface area (Å²) in [5.41, 5.74) is 10.9. The number of rotatable bonds is 13. The van der Waals surface area contributed by atoms with Crippen molar-refractivity contribution in [1.82, 2.24) is 19.6 Å². The first-order valence-electron chi connectivity index (χ1n) is 21.8. The minimum absolute atomic E-state index is 0.145. The normalized spacial score (nSPS) is 23.2. The molecule has 0 bridgehead atoms. The molecule has 6 amide bonds. The average Bonchev–Trinajstić information content (AvgIpc) is 4.02. The molecule has 0 unspecified atom stereocenters. The van der Waals surface area contributed by atoms with Crippen LogP contribution in [0, 0.1) is 11.8 Å². The molecule has 65 heavy (non-hydrogen) atoms. The van der Waals surface area contributed by atoms with E-state index in [4.69, 9.17) is 11.5 Å². The quantitative estimate of drug-likeness (QED) is 0.144. The summed E-state index contributed by atoms with van der Waals surface area (Å²) < 4.78 is 41.7. The maximum atomic E-state index is 14.3. The zero-order valence-corrected chi connectivity index (χ0v) is 37.4. The second kappa shape index (κ2) is 18.3. The van der Waals surface area contributed by atoms with E-state index in [1.165, 1.54) is 36.0 Å². The Labute approximate surface area is 376 Å². The molecular weight excluding hydrogens is 848 g/mol. The number of anilines is 1. The van der Waals surface area contributed by atoms with Crippen LogP contribution in [0.5, 0.6) is 0 Å². The van der Waals surface area contributed by atoms with Crippen molar-refractivity contribution < 1.29 is 52.2 Å². The molecule has 6 rings (SSSR count). The van der Waals surface area contributed by atoms with E-state index in [2.05, 4.69) is 0 Å². The van der Waals surface area contributed by atoms with Gasteiger partial charge in [0.05, 0.1) is 17.6 Å². The van der Waals surface area contributed by atoms with Crippen molar-refractivity contribution in [3.05, 3.63) is 101 Å². The molecule has 0 aliphatic carbocycles. The molecule has 350 valence electrons. The van der Waals surface area contributed by atoms with Gasteiger partial charge in [-0.15, -0.1) is 0 Å². The van der Waals surface area contributed by atoms with Crippen LogP contribution in [0.2, 0.25) is 0 Å². The number of amides is 6. The lowest BCUT2D eigenvalue weighted by Gasteiger charge is -2.41. The average molecular weight is 906 g/mol. The third-order valence-corrected chi connectivity index (χ3v) is 13.7. The molecule has 3 aliphatic rings. The summed E-state index contributed by atoms with van der Waals surface area (Å²) >= 11 is 0. The Bertz CT molecular complexity index is 2190. The van der Waals surface area contributed by atoms with Crippen LogP contribution in [0.1, 0.15) is 106 Å². The number of primary amides is 2. The largest absolute Gasteiger partial charge is 0.465 e. The van der Waals surface area contributed by atoms with Crippen molar-refractivity contribution >= 4 is 41.5 Å². The van der Waals surface area contributed by atoms with Crippen LogP contribution in [0.15, 0.2) is 72.8 Å². The van der Waals surface area contributed by atoms with Gasteiger partial charge in [-0.05, 0) is 96.9 Å². The number of nitrogens with two attached hydrogens (primary N) is 2. The molecule has 3 aromatic carbocycles. The third-order valence-electron chi connectivity index (χ3n) is 13.7. The molecule has 0 saturated carbocycles. The first-order valence-corrected chi connectivity index (χ1v) is 21.8. The fraction of sp³-hybridized carbons (Fsp3) is 0.489. The van der Waals surface area contributed by atoms with E-state index >= 15 is 0 Å². The maximum Gasteiger partial charge on any atom is 0.416 e. The number of nitrogens with zero attached hydrogens (tertiary/aromatic N) is 5. The van der Waals surface area contributed by atoms with Crippen molar-refractivity contribution in [3.8, 4) is 0 Å². The van der Waals surface area contributed by atoms with Gasteiger partial charge >= 0.3 is 18.4 Å². The Morgan fingerprint density at radius 3 is 1.37 bits per heavy atom. The predicted molar refractivity (Wildman–Crippen MR) is 234 cm³/mol. The lowest BCUT2D eigenvalue weighted by Crippen LogP contribution is -2.59. The van der Waals surface area contributed by atoms with E-state index in [0.717, 1.165) is 21.9 Å². The Morgan fingerprint density at radius 2 is 1.05 bits per heavy atom. The molecule has 0 spiro atoms. The van der Waals surface area contributed by atoms with E-state index in [9.17, 15) is 52.2 Å². The minimum atomic E-state index is -4.60. The van der Waals surface area contributed by atoms with Crippen molar-refractivity contribution in [2.75, 3.05) is 32.1 Å². The van der Waals surface area contributed by atoms with E-state index in [0.29, 0.717) is 53.6 Å². The van der Waals surface area contributed by atoms with Gasteiger partial charge in [-0.1, -0.05) is 76.2 Å². The fourth-order valence-electron chi connectivity index (χ4n) is 10.6. The Kier molecular flexibility index (Phi) is 13.5. The smallest absolute Gasteiger partial charge is 0.416 e. The first-order chi connectivity index (χ1) is 30.5. The summed E-state index contributed by atoms with van der Waals surface area (Å²) in [6.07, 6.45) is -5.13. The Morgan fingerprint density at radius 1 is 0.662 bits per heavy atom. The minimum Gasteiger partial charge on any atom is -0.465 e. The number of carboxylic acid groups (broad SMARTS) is 2. The summed E-state index contributed by atoms with van der Waals surface area (Å²) in [6.45, 7) is 7.15. The number of carbonyl (C=O) groups excluding carboxylic acids is 4. The standard InChI is InChI=1S/C47H58F3N7O8/c1-27(2)37(53(5)43(62)63)39(58)55-23-9-21-45(55,41(51)60)32-13-7-11-29(25-32)35-19-20-36(57(35)34-17-15-31(16-18-34)47(48,49)50)30-12-8-14-33(26-30)46(42(52)61)22-10-24-56(46)40(59)38(28(3)4)54(6)44(64)65/h7-8,11-18,25-28,35-38H,9-10,19-24H2,1-6H3,(H2,51,60)(H2,52,61)(H,62,63)(H,64,65)/t35-,36-,37+,38+,45+,46+/m1/s1. The van der Waals surface area contributed by atoms with Gasteiger partial charge in [0, 0.05) is 32.9 Å². The molecule has 3 fully saturated rings. The number of likely N-dealkylation sites (tertiary alicyclic amines) is 2. The zero-order valence-electron chi connectivity index (χ0n) is 37.4. The highest BCUT2D eigenvalue weighted by Gasteiger charge is 2.54. The zero-order chi connectivity index (χ0) is 47.9. The fourth-order valence-corrected chi connectivity index (χ4v) is 10.6. The van der Waals surface area contributed by atoms with Crippen LogP contribution in [0.3, 0.4) is 0 Å². The predicted octanol–water partition coefficient (Wildman–Crippen LogP) is 6.66. The van der Waals surface area contributed by atoms with E-state index in [1.807, 2.05) is 17.0 Å². The van der Waals surface area contributed by atoms with Crippen molar-refractivity contribution in [2.45, 2.75) is 108 Å². The molecule has 3 saturated heterocycles. The maximum absolute atomic E-state index is 14.3. The highest BCUT2D eigenvalue weighted by atomic mass is 19.4. The first kappa shape index (κ1) is 48.1. The van der Waals surface area contributed by atoms with Gasteiger partial charge in [-0.3, -0.25) is 29.0 Å². The number of benzene rings is 3. The van der Waals surface area contributed by atoms with Gasteiger partial charge < -0.3 is 36.4 Å². The highest BCUT2D eigenvalue weighted by Crippen LogP contribution is 2.50. The molecule has 6 N–H and O–H groups in total. The SMILES string of the molecule is CC(C)[C@@H](C(=O)N1CCC[C@@]1(C(N)=O)c1cccc([C@H]2CC[C@H](c3cccc([C@]4(C(N)=O)CCCN4C(=O)[C@H](C(C)C)N(C)C(=O)O)c3)N2c2ccc(C(F)(F)F)cc2)c1)N(C)C(=O)O. The van der Waals surface area contributed by atoms with Crippen LogP contribution >= 0.6 is 0 Å². The van der Waals surface area contributed by atoms with E-state index < -0.39 is 94.6 Å². The molecule has 18 heteroatoms. The van der Waals surface area contributed by atoms with Gasteiger partial charge in [0.15, 0.2) is 0 Å². The van der Waals surface area contributed by atoms with E-state index in [-0.39, 0.29) is 25.9 Å². The topological polar surface area (TPSA) is 211 Å². The number of alkyl halides is 3. The van der Waals surface area contributed by atoms with Crippen LogP contribution in [0.4, 0.5) is 28.4 Å². The second-order valence-electron chi connectivity index (χ2n) is 18.1. The monoisotopic (exact) mass is 905 g/mol. The van der Waals surface area contributed by atoms with Crippen molar-refractivity contribution in [1.29, 1.82) is 0 Å². The Balaban J connectivity index is 1.45. The Hall–Kier alpha value is -6.33. The molecule has 6 atom stereocenters. The van der Waals surface area contributed by atoms with Crippen LogP contribution in [-0.4, -0.2) is 105 Å². The highest BCUT2D eigenvalue weighted by molar-refractivity contribution is 5.96. The molecule has 3 heterocycles. The molecule has 3 aromatic rings. The number of hydrogen-bond acceptors (Lipinski definition) is 7. The van der Waals surface area contributed by atoms with Crippen LogP contribution in [-0.2, 0) is 36.4 Å². The van der Waals surface area contributed by atoms with Crippen molar-refractivity contribution in [2.24, 2.45) is 23.3 Å². The lowest BCUT2D eigenvalue weighted by atomic mass is 9.83. The van der Waals surface area contributed by atoms with Crippen LogP contribution in [0.25, 0.3) is 0 Å². The van der Waals surface area contributed by atoms with Gasteiger partial charge in [-0.2, -0.15) is 13.2 Å². The van der Waals surface area contributed by atoms with Crippen molar-refractivity contribution in [3.63, 3.8) is 0 Å².